The van der Waals surface area contributed by atoms with Crippen molar-refractivity contribution in [2.75, 3.05) is 11.5 Å². The molecule has 0 saturated heterocycles. The molecule has 298 valence electrons. The molecule has 0 unspecified atom stereocenters. The minimum Gasteiger partial charge on any atom is -0.224 e. The molecule has 7 heteroatoms. The molecule has 0 saturated carbocycles. The average molecular weight is 785 g/mol. The molecule has 0 bridgehead atoms. The molecule has 2 aromatic carbocycles. The van der Waals surface area contributed by atoms with Crippen LogP contribution in [0.15, 0.2) is 58.3 Å². The number of unbranched alkanes of at least 4 members (excludes halogenated alkanes) is 18. The highest BCUT2D eigenvalue weighted by atomic mass is 32.2. The van der Waals surface area contributed by atoms with Gasteiger partial charge >= 0.3 is 0 Å². The predicted octanol–water partition coefficient (Wildman–Crippen LogP) is 14.7. The second-order valence-corrected chi connectivity index (χ2v) is 21.1. The van der Waals surface area contributed by atoms with Gasteiger partial charge in [0.2, 0.25) is 0 Å². The van der Waals surface area contributed by atoms with E-state index in [9.17, 15) is 16.8 Å². The van der Waals surface area contributed by atoms with Crippen molar-refractivity contribution in [2.24, 2.45) is 0 Å². The van der Waals surface area contributed by atoms with Crippen LogP contribution in [0.1, 0.15) is 193 Å². The molecule has 0 fully saturated rings. The Hall–Kier alpha value is -1.96. The van der Waals surface area contributed by atoms with Gasteiger partial charge in [0, 0.05) is 0 Å². The number of thiophene rings is 1. The van der Waals surface area contributed by atoms with Gasteiger partial charge in [0.15, 0.2) is 19.7 Å². The van der Waals surface area contributed by atoms with Crippen LogP contribution in [-0.4, -0.2) is 28.3 Å². The third-order valence-corrected chi connectivity index (χ3v) is 16.0. The maximum Gasteiger partial charge on any atom is 0.181 e. The molecule has 0 spiro atoms. The van der Waals surface area contributed by atoms with Crippen LogP contribution in [0.4, 0.5) is 0 Å². The zero-order chi connectivity index (χ0) is 38.7. The molecule has 0 N–H and O–H groups in total. The quantitative estimate of drug-likeness (QED) is 0.0688. The predicted molar refractivity (Wildman–Crippen MR) is 231 cm³/mol. The molecule has 3 rings (SSSR count). The highest BCUT2D eigenvalue weighted by Crippen LogP contribution is 2.48. The number of benzene rings is 2. The Balaban J connectivity index is 1.95. The first-order valence-electron chi connectivity index (χ1n) is 21.3. The van der Waals surface area contributed by atoms with Crippen LogP contribution in [0, 0.1) is 0 Å². The Bertz CT molecular complexity index is 1540. The maximum atomic E-state index is 14.6. The highest BCUT2D eigenvalue weighted by molar-refractivity contribution is 7.95. The first-order chi connectivity index (χ1) is 25.4. The minimum absolute atomic E-state index is 0.0331. The molecular formula is C46H72O4S3. The van der Waals surface area contributed by atoms with Crippen molar-refractivity contribution in [3.05, 3.63) is 59.7 Å². The third-order valence-electron chi connectivity index (χ3n) is 10.7. The average Bonchev–Trinajstić information content (AvgIpc) is 3.56. The summed E-state index contributed by atoms with van der Waals surface area (Å²) in [6.07, 6.45) is 22.1. The summed E-state index contributed by atoms with van der Waals surface area (Å²) < 4.78 is 58.3. The molecule has 1 heterocycles. The van der Waals surface area contributed by atoms with E-state index in [0.29, 0.717) is 34.4 Å². The fourth-order valence-electron chi connectivity index (χ4n) is 7.15. The second-order valence-electron chi connectivity index (χ2n) is 16.0. The molecule has 0 amide bonds. The Kier molecular flexibility index (Phi) is 20.4. The topological polar surface area (TPSA) is 68.3 Å². The number of hydrogen-bond acceptors (Lipinski definition) is 5. The van der Waals surface area contributed by atoms with Gasteiger partial charge in [-0.1, -0.05) is 206 Å². The lowest BCUT2D eigenvalue weighted by molar-refractivity contribution is 0.555. The van der Waals surface area contributed by atoms with E-state index in [2.05, 4.69) is 41.5 Å². The Labute approximate surface area is 329 Å². The lowest BCUT2D eigenvalue weighted by atomic mass is 10.0. The summed E-state index contributed by atoms with van der Waals surface area (Å²) in [5, 5.41) is 0. The fraction of sp³-hybridized carbons (Fsp3) is 0.652. The molecule has 0 radical (unpaired) electrons. The third kappa shape index (κ3) is 14.9. The van der Waals surface area contributed by atoms with Crippen molar-refractivity contribution in [2.45, 2.75) is 192 Å². The van der Waals surface area contributed by atoms with E-state index in [1.54, 1.807) is 0 Å². The first-order valence-corrected chi connectivity index (χ1v) is 25.4. The van der Waals surface area contributed by atoms with Gasteiger partial charge in [0.25, 0.3) is 0 Å². The Morgan fingerprint density at radius 1 is 0.415 bits per heavy atom. The summed E-state index contributed by atoms with van der Waals surface area (Å²) >= 11 is 1.33. The number of hydrogen-bond donors (Lipinski definition) is 0. The molecule has 0 aliphatic carbocycles. The van der Waals surface area contributed by atoms with Crippen molar-refractivity contribution in [3.8, 4) is 20.9 Å². The van der Waals surface area contributed by atoms with Crippen LogP contribution in [0.2, 0.25) is 0 Å². The largest absolute Gasteiger partial charge is 0.224 e. The summed E-state index contributed by atoms with van der Waals surface area (Å²) in [6.45, 7) is 13.0. The van der Waals surface area contributed by atoms with Crippen molar-refractivity contribution in [1.29, 1.82) is 0 Å². The summed E-state index contributed by atoms with van der Waals surface area (Å²) in [7, 11) is -7.83. The van der Waals surface area contributed by atoms with Crippen LogP contribution in [0.5, 0.6) is 0 Å². The van der Waals surface area contributed by atoms with E-state index in [1.165, 1.54) is 99.5 Å². The van der Waals surface area contributed by atoms with Crippen LogP contribution in [-0.2, 0) is 19.7 Å². The first kappa shape index (κ1) is 45.4. The van der Waals surface area contributed by atoms with Crippen LogP contribution in [0.3, 0.4) is 0 Å². The van der Waals surface area contributed by atoms with Crippen LogP contribution < -0.4 is 0 Å². The molecule has 0 aliphatic heterocycles. The number of rotatable bonds is 28. The Morgan fingerprint density at radius 2 is 0.679 bits per heavy atom. The fourth-order valence-corrected chi connectivity index (χ4v) is 13.3. The molecular weight excluding hydrogens is 713 g/mol. The lowest BCUT2D eigenvalue weighted by Crippen LogP contribution is -2.15. The molecule has 0 atom stereocenters. The molecule has 1 aromatic heterocycles. The number of sulfone groups is 2. The minimum atomic E-state index is -3.92. The van der Waals surface area contributed by atoms with E-state index in [0.717, 1.165) is 49.7 Å². The van der Waals surface area contributed by atoms with E-state index in [-0.39, 0.29) is 21.3 Å². The zero-order valence-corrected chi connectivity index (χ0v) is 36.6. The SMILES string of the molecule is CCCCCCCCCCCCS(=O)(=O)c1c(-c2ccc(C(C)C)cc2)sc(-c2ccc(C(C)C)cc2)c1S(=O)(=O)CCCCCCCCCCCC. The van der Waals surface area contributed by atoms with Gasteiger partial charge in [-0.15, -0.1) is 11.3 Å². The van der Waals surface area contributed by atoms with Crippen LogP contribution >= 0.6 is 11.3 Å². The van der Waals surface area contributed by atoms with E-state index in [4.69, 9.17) is 0 Å². The summed E-state index contributed by atoms with van der Waals surface area (Å²) in [6, 6.07) is 16.1. The summed E-state index contributed by atoms with van der Waals surface area (Å²) in [5.74, 6) is 0.589. The van der Waals surface area contributed by atoms with Crippen LogP contribution in [0.25, 0.3) is 20.9 Å². The molecule has 0 aliphatic rings. The van der Waals surface area contributed by atoms with E-state index < -0.39 is 19.7 Å². The summed E-state index contributed by atoms with van der Waals surface area (Å²) in [4.78, 5) is 1.17. The maximum absolute atomic E-state index is 14.6. The Morgan fingerprint density at radius 3 is 0.943 bits per heavy atom. The van der Waals surface area contributed by atoms with Gasteiger partial charge in [-0.05, 0) is 46.9 Å². The van der Waals surface area contributed by atoms with Gasteiger partial charge < -0.3 is 0 Å². The van der Waals surface area contributed by atoms with Crippen molar-refractivity contribution < 1.29 is 16.8 Å². The van der Waals surface area contributed by atoms with E-state index >= 15 is 0 Å². The molecule has 53 heavy (non-hydrogen) atoms. The van der Waals surface area contributed by atoms with Crippen molar-refractivity contribution in [1.82, 2.24) is 0 Å². The highest BCUT2D eigenvalue weighted by Gasteiger charge is 2.36. The van der Waals surface area contributed by atoms with Gasteiger partial charge in [-0.3, -0.25) is 0 Å². The normalized spacial score (nSPS) is 12.4. The van der Waals surface area contributed by atoms with Crippen molar-refractivity contribution >= 4 is 31.0 Å². The summed E-state index contributed by atoms with van der Waals surface area (Å²) in [5.41, 5.74) is 3.86. The smallest absolute Gasteiger partial charge is 0.181 e. The lowest BCUT2D eigenvalue weighted by Gasteiger charge is -2.13. The second kappa shape index (κ2) is 23.8. The zero-order valence-electron chi connectivity index (χ0n) is 34.2. The van der Waals surface area contributed by atoms with Crippen molar-refractivity contribution in [3.63, 3.8) is 0 Å². The standard InChI is InChI=1S/C46H72O4S3/c1-7-9-11-13-15-17-19-21-23-25-35-52(47,48)45-43(41-31-27-39(28-32-41)37(3)4)51-44(42-33-29-40(30-34-42)38(5)6)46(45)53(49,50)36-26-24-22-20-18-16-14-12-10-8-2/h27-34,37-38H,7-26,35-36H2,1-6H3. The van der Waals surface area contributed by atoms with Gasteiger partial charge in [-0.25, -0.2) is 16.8 Å². The molecule has 3 aromatic rings. The van der Waals surface area contributed by atoms with Gasteiger partial charge in [0.1, 0.15) is 9.79 Å². The van der Waals surface area contributed by atoms with Gasteiger partial charge in [0.05, 0.1) is 21.3 Å². The monoisotopic (exact) mass is 784 g/mol. The van der Waals surface area contributed by atoms with Gasteiger partial charge in [-0.2, -0.15) is 0 Å². The van der Waals surface area contributed by atoms with E-state index in [1.807, 2.05) is 48.5 Å². The molecule has 4 nitrogen and oxygen atoms in total.